The van der Waals surface area contributed by atoms with Crippen LogP contribution in [0.1, 0.15) is 56.2 Å². The molecule has 0 bridgehead atoms. The Balaban J connectivity index is 1.66. The second kappa shape index (κ2) is 5.35. The average Bonchev–Trinajstić information content (AvgIpc) is 3.00. The van der Waals surface area contributed by atoms with E-state index in [0.29, 0.717) is 17.4 Å². The molecule has 2 aromatic rings. The average molecular weight is 287 g/mol. The van der Waals surface area contributed by atoms with Crippen LogP contribution in [0.4, 0.5) is 5.69 Å². The molecule has 0 aliphatic heterocycles. The smallest absolute Gasteiger partial charge is 0.276 e. The summed E-state index contributed by atoms with van der Waals surface area (Å²) in [5.41, 5.74) is 1.14. The largest absolute Gasteiger partial charge is 0.318 e. The molecule has 2 heterocycles. The van der Waals surface area contributed by atoms with Crippen LogP contribution in [0.25, 0.3) is 0 Å². The molecular formula is C15H21N5O. The Bertz CT molecular complexity index is 638. The fourth-order valence-electron chi connectivity index (χ4n) is 2.36. The molecule has 1 unspecified atom stereocenters. The Labute approximate surface area is 124 Å². The number of nitrogens with one attached hydrogen (secondary N) is 1. The molecule has 6 nitrogen and oxygen atoms in total. The van der Waals surface area contributed by atoms with E-state index in [2.05, 4.69) is 22.4 Å². The van der Waals surface area contributed by atoms with Gasteiger partial charge in [0, 0.05) is 18.4 Å². The molecule has 21 heavy (non-hydrogen) atoms. The van der Waals surface area contributed by atoms with Crippen molar-refractivity contribution in [1.82, 2.24) is 19.6 Å². The first-order valence-corrected chi connectivity index (χ1v) is 7.45. The van der Waals surface area contributed by atoms with Crippen LogP contribution in [0.3, 0.4) is 0 Å². The predicted molar refractivity (Wildman–Crippen MR) is 80.2 cm³/mol. The molecule has 1 atom stereocenters. The van der Waals surface area contributed by atoms with Crippen molar-refractivity contribution in [3.8, 4) is 0 Å². The van der Waals surface area contributed by atoms with Gasteiger partial charge in [-0.1, -0.05) is 0 Å². The summed E-state index contributed by atoms with van der Waals surface area (Å²) in [7, 11) is 0. The van der Waals surface area contributed by atoms with Crippen molar-refractivity contribution in [1.29, 1.82) is 0 Å². The SMILES string of the molecule is CC(C)n1ccc(C(=O)Nc2cnn(C(C)C3CC3)c2)n1. The summed E-state index contributed by atoms with van der Waals surface area (Å²) >= 11 is 0. The summed E-state index contributed by atoms with van der Waals surface area (Å²) in [6, 6.07) is 2.37. The number of hydrogen-bond donors (Lipinski definition) is 1. The molecule has 0 radical (unpaired) electrons. The Morgan fingerprint density at radius 3 is 2.71 bits per heavy atom. The van der Waals surface area contributed by atoms with Crippen molar-refractivity contribution in [2.24, 2.45) is 5.92 Å². The summed E-state index contributed by atoms with van der Waals surface area (Å²) < 4.78 is 3.70. The van der Waals surface area contributed by atoms with Gasteiger partial charge in [-0.15, -0.1) is 0 Å². The zero-order valence-corrected chi connectivity index (χ0v) is 12.7. The fourth-order valence-corrected chi connectivity index (χ4v) is 2.36. The third-order valence-corrected chi connectivity index (χ3v) is 3.95. The Kier molecular flexibility index (Phi) is 3.53. The van der Waals surface area contributed by atoms with E-state index in [0.717, 1.165) is 5.92 Å². The summed E-state index contributed by atoms with van der Waals surface area (Å²) in [5.74, 6) is 0.531. The van der Waals surface area contributed by atoms with Crippen LogP contribution in [0, 0.1) is 5.92 Å². The minimum Gasteiger partial charge on any atom is -0.318 e. The van der Waals surface area contributed by atoms with Crippen LogP contribution >= 0.6 is 0 Å². The summed E-state index contributed by atoms with van der Waals surface area (Å²) in [6.07, 6.45) is 7.94. The normalized spacial score (nSPS) is 16.2. The third kappa shape index (κ3) is 2.99. The molecule has 1 fully saturated rings. The number of hydrogen-bond acceptors (Lipinski definition) is 3. The van der Waals surface area contributed by atoms with E-state index in [-0.39, 0.29) is 11.9 Å². The first-order valence-electron chi connectivity index (χ1n) is 7.45. The zero-order valence-electron chi connectivity index (χ0n) is 12.7. The topological polar surface area (TPSA) is 64.7 Å². The van der Waals surface area contributed by atoms with E-state index >= 15 is 0 Å². The van der Waals surface area contributed by atoms with Crippen molar-refractivity contribution in [2.75, 3.05) is 5.32 Å². The highest BCUT2D eigenvalue weighted by Crippen LogP contribution is 2.39. The van der Waals surface area contributed by atoms with Crippen molar-refractivity contribution in [2.45, 2.75) is 45.7 Å². The minimum absolute atomic E-state index is 0.201. The van der Waals surface area contributed by atoms with Crippen molar-refractivity contribution >= 4 is 11.6 Å². The molecule has 0 spiro atoms. The second-order valence-corrected chi connectivity index (χ2v) is 6.02. The van der Waals surface area contributed by atoms with Gasteiger partial charge in [0.1, 0.15) is 0 Å². The molecule has 112 valence electrons. The number of carbonyl (C=O) groups excluding carboxylic acids is 1. The van der Waals surface area contributed by atoms with Gasteiger partial charge in [0.25, 0.3) is 5.91 Å². The van der Waals surface area contributed by atoms with Crippen molar-refractivity contribution in [3.05, 3.63) is 30.4 Å². The summed E-state index contributed by atoms with van der Waals surface area (Å²) in [6.45, 7) is 6.22. The second-order valence-electron chi connectivity index (χ2n) is 6.02. The van der Waals surface area contributed by atoms with Crippen molar-refractivity contribution < 1.29 is 4.79 Å². The first kappa shape index (κ1) is 13.9. The summed E-state index contributed by atoms with van der Waals surface area (Å²) in [5, 5.41) is 11.4. The molecule has 1 saturated carbocycles. The number of anilines is 1. The highest BCUT2D eigenvalue weighted by atomic mass is 16.2. The van der Waals surface area contributed by atoms with Gasteiger partial charge in [-0.2, -0.15) is 10.2 Å². The lowest BCUT2D eigenvalue weighted by Gasteiger charge is -2.09. The first-order chi connectivity index (χ1) is 10.0. The number of amides is 1. The molecule has 0 saturated heterocycles. The lowest BCUT2D eigenvalue weighted by atomic mass is 10.2. The van der Waals surface area contributed by atoms with Gasteiger partial charge in [-0.3, -0.25) is 14.2 Å². The van der Waals surface area contributed by atoms with Crippen LogP contribution in [-0.4, -0.2) is 25.5 Å². The maximum atomic E-state index is 12.2. The molecule has 6 heteroatoms. The number of aromatic nitrogens is 4. The fraction of sp³-hybridized carbons (Fsp3) is 0.533. The number of nitrogens with zero attached hydrogens (tertiary/aromatic N) is 4. The quantitative estimate of drug-likeness (QED) is 0.919. The van der Waals surface area contributed by atoms with E-state index < -0.39 is 0 Å². The third-order valence-electron chi connectivity index (χ3n) is 3.95. The van der Waals surface area contributed by atoms with Crippen LogP contribution in [-0.2, 0) is 0 Å². The van der Waals surface area contributed by atoms with Gasteiger partial charge in [0.2, 0.25) is 0 Å². The van der Waals surface area contributed by atoms with Crippen molar-refractivity contribution in [3.63, 3.8) is 0 Å². The van der Waals surface area contributed by atoms with Crippen LogP contribution in [0.15, 0.2) is 24.7 Å². The predicted octanol–water partition coefficient (Wildman–Crippen LogP) is 2.88. The maximum Gasteiger partial charge on any atom is 0.276 e. The van der Waals surface area contributed by atoms with Crippen LogP contribution in [0.5, 0.6) is 0 Å². The highest BCUT2D eigenvalue weighted by molar-refractivity contribution is 6.02. The molecule has 3 rings (SSSR count). The van der Waals surface area contributed by atoms with E-state index in [1.54, 1.807) is 16.9 Å². The van der Waals surface area contributed by atoms with Gasteiger partial charge in [0.05, 0.1) is 17.9 Å². The van der Waals surface area contributed by atoms with Gasteiger partial charge in [-0.05, 0) is 45.6 Å². The maximum absolute atomic E-state index is 12.2. The van der Waals surface area contributed by atoms with Gasteiger partial charge < -0.3 is 5.32 Å². The monoisotopic (exact) mass is 287 g/mol. The molecule has 1 N–H and O–H groups in total. The minimum atomic E-state index is -0.201. The van der Waals surface area contributed by atoms with E-state index in [9.17, 15) is 4.79 Å². The zero-order chi connectivity index (χ0) is 15.0. The Hall–Kier alpha value is -2.11. The Morgan fingerprint density at radius 2 is 2.10 bits per heavy atom. The van der Waals surface area contributed by atoms with Gasteiger partial charge in [-0.25, -0.2) is 0 Å². The lowest BCUT2D eigenvalue weighted by molar-refractivity contribution is 0.102. The molecule has 0 aromatic carbocycles. The van der Waals surface area contributed by atoms with Gasteiger partial charge >= 0.3 is 0 Å². The van der Waals surface area contributed by atoms with Gasteiger partial charge in [0.15, 0.2) is 5.69 Å². The standard InChI is InChI=1S/C15H21N5O/c1-10(2)19-7-6-14(18-19)15(21)17-13-8-16-20(9-13)11(3)12-4-5-12/h6-12H,4-5H2,1-3H3,(H,17,21). The molecule has 1 amide bonds. The summed E-state index contributed by atoms with van der Waals surface area (Å²) in [4.78, 5) is 12.2. The highest BCUT2D eigenvalue weighted by Gasteiger charge is 2.29. The molecule has 2 aromatic heterocycles. The van der Waals surface area contributed by atoms with E-state index in [1.165, 1.54) is 12.8 Å². The van der Waals surface area contributed by atoms with Crippen LogP contribution < -0.4 is 5.32 Å². The molecular weight excluding hydrogens is 266 g/mol. The van der Waals surface area contributed by atoms with E-state index in [4.69, 9.17) is 0 Å². The molecule has 1 aliphatic carbocycles. The lowest BCUT2D eigenvalue weighted by Crippen LogP contribution is -2.13. The Morgan fingerprint density at radius 1 is 1.33 bits per heavy atom. The number of carbonyl (C=O) groups is 1. The van der Waals surface area contributed by atoms with E-state index in [1.807, 2.05) is 30.9 Å². The number of rotatable bonds is 5. The molecule has 1 aliphatic rings. The van der Waals surface area contributed by atoms with Crippen LogP contribution in [0.2, 0.25) is 0 Å².